The molecule has 2 atom stereocenters. The van der Waals surface area contributed by atoms with E-state index in [2.05, 4.69) is 71.7 Å². The molecule has 3 aromatic rings. The summed E-state index contributed by atoms with van der Waals surface area (Å²) in [7, 11) is 0. The van der Waals surface area contributed by atoms with Crippen LogP contribution in [0.25, 0.3) is 0 Å². The Morgan fingerprint density at radius 1 is 0.968 bits per heavy atom. The topological polar surface area (TPSA) is 33.7 Å². The van der Waals surface area contributed by atoms with Gasteiger partial charge in [-0.25, -0.2) is 0 Å². The van der Waals surface area contributed by atoms with Gasteiger partial charge in [0.05, 0.1) is 6.04 Å². The average Bonchev–Trinajstić information content (AvgIpc) is 3.24. The molecule has 0 amide bonds. The van der Waals surface area contributed by atoms with Gasteiger partial charge in [0.25, 0.3) is 0 Å². The van der Waals surface area contributed by atoms with Gasteiger partial charge < -0.3 is 14.8 Å². The predicted molar refractivity (Wildman–Crippen MR) is 124 cm³/mol. The number of hydrogen-bond acceptors (Lipinski definition) is 4. The van der Waals surface area contributed by atoms with Crippen molar-refractivity contribution in [3.8, 4) is 11.5 Å². The zero-order valence-electron chi connectivity index (χ0n) is 17.7. The zero-order chi connectivity index (χ0) is 21.3. The van der Waals surface area contributed by atoms with Gasteiger partial charge in [0.1, 0.15) is 0 Å². The van der Waals surface area contributed by atoms with E-state index in [4.69, 9.17) is 21.1 Å². The monoisotopic (exact) mass is 434 g/mol. The molecule has 2 aliphatic rings. The van der Waals surface area contributed by atoms with Gasteiger partial charge >= 0.3 is 0 Å². The van der Waals surface area contributed by atoms with Gasteiger partial charge in [-0.1, -0.05) is 60.1 Å². The maximum Gasteiger partial charge on any atom is 0.231 e. The molecule has 4 nitrogen and oxygen atoms in total. The van der Waals surface area contributed by atoms with Crippen LogP contribution < -0.4 is 14.8 Å². The third-order valence-electron chi connectivity index (χ3n) is 6.20. The number of nitrogens with one attached hydrogen (secondary N) is 1. The Balaban J connectivity index is 1.41. The van der Waals surface area contributed by atoms with E-state index in [1.54, 1.807) is 0 Å². The maximum absolute atomic E-state index is 6.18. The SMILES string of the molecule is CC1(Cc2ccc3c(c2)OCO3)CN(C(c2ccccc2)c2ccc(Cl)cc2)CCN1. The van der Waals surface area contributed by atoms with Crippen LogP contribution in [0.3, 0.4) is 0 Å². The van der Waals surface area contributed by atoms with Gasteiger partial charge in [-0.05, 0) is 54.3 Å². The van der Waals surface area contributed by atoms with E-state index in [9.17, 15) is 0 Å². The molecule has 0 saturated carbocycles. The first-order valence-electron chi connectivity index (χ1n) is 10.8. The smallest absolute Gasteiger partial charge is 0.231 e. The highest BCUT2D eigenvalue weighted by molar-refractivity contribution is 6.30. The van der Waals surface area contributed by atoms with Gasteiger partial charge in [-0.15, -0.1) is 0 Å². The fourth-order valence-corrected chi connectivity index (χ4v) is 4.95. The number of halogens is 1. The highest BCUT2D eigenvalue weighted by atomic mass is 35.5. The van der Waals surface area contributed by atoms with Crippen LogP contribution in [0.15, 0.2) is 72.8 Å². The Morgan fingerprint density at radius 2 is 1.71 bits per heavy atom. The second kappa shape index (κ2) is 8.54. The Hall–Kier alpha value is -2.53. The van der Waals surface area contributed by atoms with Crippen molar-refractivity contribution in [3.63, 3.8) is 0 Å². The lowest BCUT2D eigenvalue weighted by Gasteiger charge is -2.45. The minimum atomic E-state index is -0.0502. The molecule has 5 heteroatoms. The van der Waals surface area contributed by atoms with Crippen molar-refractivity contribution in [2.24, 2.45) is 0 Å². The Morgan fingerprint density at radius 3 is 2.52 bits per heavy atom. The van der Waals surface area contributed by atoms with Gasteiger partial charge in [0, 0.05) is 30.2 Å². The lowest BCUT2D eigenvalue weighted by molar-refractivity contribution is 0.115. The zero-order valence-corrected chi connectivity index (χ0v) is 18.4. The van der Waals surface area contributed by atoms with E-state index in [1.165, 1.54) is 16.7 Å². The molecule has 0 bridgehead atoms. The quantitative estimate of drug-likeness (QED) is 0.608. The number of fused-ring (bicyclic) bond motifs is 1. The predicted octanol–water partition coefficient (Wildman–Crippen LogP) is 5.06. The fraction of sp³-hybridized carbons (Fsp3) is 0.308. The number of hydrogen-bond donors (Lipinski definition) is 1. The molecule has 2 aliphatic heterocycles. The van der Waals surface area contributed by atoms with Crippen molar-refractivity contribution in [3.05, 3.63) is 94.5 Å². The van der Waals surface area contributed by atoms with Crippen molar-refractivity contribution >= 4 is 11.6 Å². The average molecular weight is 435 g/mol. The third kappa shape index (κ3) is 4.42. The number of benzene rings is 3. The molecule has 0 spiro atoms. The van der Waals surface area contributed by atoms with Crippen LogP contribution in [-0.2, 0) is 6.42 Å². The summed E-state index contributed by atoms with van der Waals surface area (Å²) in [5, 5.41) is 4.54. The Labute approximate surface area is 188 Å². The summed E-state index contributed by atoms with van der Waals surface area (Å²) in [6.07, 6.45) is 0.919. The summed E-state index contributed by atoms with van der Waals surface area (Å²) in [6.45, 7) is 5.48. The normalized spacial score (nSPS) is 21.7. The van der Waals surface area contributed by atoms with E-state index in [1.807, 2.05) is 18.2 Å². The number of nitrogens with zero attached hydrogens (tertiary/aromatic N) is 1. The van der Waals surface area contributed by atoms with Gasteiger partial charge in [0.15, 0.2) is 11.5 Å². The molecule has 0 aromatic heterocycles. The summed E-state index contributed by atoms with van der Waals surface area (Å²) in [4.78, 5) is 2.59. The second-order valence-corrected chi connectivity index (χ2v) is 9.12. The Kier molecular flexibility index (Phi) is 5.61. The first-order valence-corrected chi connectivity index (χ1v) is 11.2. The number of rotatable bonds is 5. The molecule has 3 aromatic carbocycles. The molecular weight excluding hydrogens is 408 g/mol. The molecular formula is C26H27ClN2O2. The molecule has 1 fully saturated rings. The van der Waals surface area contributed by atoms with Crippen molar-refractivity contribution in [1.29, 1.82) is 0 Å². The summed E-state index contributed by atoms with van der Waals surface area (Å²) in [5.41, 5.74) is 3.77. The molecule has 160 valence electrons. The van der Waals surface area contributed by atoms with E-state index in [0.717, 1.165) is 42.6 Å². The minimum Gasteiger partial charge on any atom is -0.454 e. The lowest BCUT2D eigenvalue weighted by atomic mass is 9.88. The highest BCUT2D eigenvalue weighted by Gasteiger charge is 2.35. The molecule has 0 radical (unpaired) electrons. The standard InChI is InChI=1S/C26H27ClN2O2/c1-26(16-19-7-12-23-24(15-19)31-18-30-23)17-29(14-13-28-26)25(20-5-3-2-4-6-20)21-8-10-22(27)11-9-21/h2-12,15,25,28H,13-14,16-18H2,1H3. The van der Waals surface area contributed by atoms with Gasteiger partial charge in [0.2, 0.25) is 6.79 Å². The summed E-state index contributed by atoms with van der Waals surface area (Å²) in [5.74, 6) is 1.68. The molecule has 0 aliphatic carbocycles. The van der Waals surface area contributed by atoms with Crippen molar-refractivity contribution < 1.29 is 9.47 Å². The molecule has 2 heterocycles. The van der Waals surface area contributed by atoms with E-state index >= 15 is 0 Å². The molecule has 5 rings (SSSR count). The largest absolute Gasteiger partial charge is 0.454 e. The minimum absolute atomic E-state index is 0.0502. The number of piperazine rings is 1. The van der Waals surface area contributed by atoms with Crippen LogP contribution in [0.4, 0.5) is 0 Å². The molecule has 1 saturated heterocycles. The van der Waals surface area contributed by atoms with Crippen molar-refractivity contribution in [2.75, 3.05) is 26.4 Å². The first-order chi connectivity index (χ1) is 15.1. The van der Waals surface area contributed by atoms with Crippen LogP contribution in [-0.4, -0.2) is 36.9 Å². The van der Waals surface area contributed by atoms with Crippen molar-refractivity contribution in [2.45, 2.75) is 24.9 Å². The third-order valence-corrected chi connectivity index (χ3v) is 6.45. The van der Waals surface area contributed by atoms with Crippen LogP contribution >= 0.6 is 11.6 Å². The lowest BCUT2D eigenvalue weighted by Crippen LogP contribution is -2.60. The van der Waals surface area contributed by atoms with Crippen LogP contribution in [0, 0.1) is 0 Å². The van der Waals surface area contributed by atoms with Crippen LogP contribution in [0.5, 0.6) is 11.5 Å². The molecule has 1 N–H and O–H groups in total. The summed E-state index contributed by atoms with van der Waals surface area (Å²) >= 11 is 6.18. The molecule has 2 unspecified atom stereocenters. The van der Waals surface area contributed by atoms with Gasteiger partial charge in [-0.2, -0.15) is 0 Å². The van der Waals surface area contributed by atoms with E-state index in [0.29, 0.717) is 6.79 Å². The van der Waals surface area contributed by atoms with Gasteiger partial charge in [-0.3, -0.25) is 4.90 Å². The van der Waals surface area contributed by atoms with E-state index in [-0.39, 0.29) is 11.6 Å². The summed E-state index contributed by atoms with van der Waals surface area (Å²) < 4.78 is 11.0. The second-order valence-electron chi connectivity index (χ2n) is 8.69. The summed E-state index contributed by atoms with van der Waals surface area (Å²) in [6, 6.07) is 25.5. The first kappa shape index (κ1) is 20.4. The van der Waals surface area contributed by atoms with Crippen LogP contribution in [0.2, 0.25) is 5.02 Å². The van der Waals surface area contributed by atoms with Crippen molar-refractivity contribution in [1.82, 2.24) is 10.2 Å². The maximum atomic E-state index is 6.18. The Bertz CT molecular complexity index is 1040. The fourth-order valence-electron chi connectivity index (χ4n) is 4.82. The highest BCUT2D eigenvalue weighted by Crippen LogP contribution is 2.35. The number of ether oxygens (including phenoxy) is 2. The van der Waals surface area contributed by atoms with E-state index < -0.39 is 0 Å². The molecule has 31 heavy (non-hydrogen) atoms. The van der Waals surface area contributed by atoms with Crippen LogP contribution in [0.1, 0.15) is 29.7 Å².